The van der Waals surface area contributed by atoms with Gasteiger partial charge in [0.05, 0.1) is 28.5 Å². The molecule has 130 valence electrons. The first-order valence-corrected chi connectivity index (χ1v) is 9.02. The smallest absolute Gasteiger partial charge is 0.241 e. The van der Waals surface area contributed by atoms with Gasteiger partial charge in [-0.05, 0) is 45.4 Å². The number of nitrogens with zero attached hydrogens (tertiary/aromatic N) is 2. The van der Waals surface area contributed by atoms with Crippen molar-refractivity contribution in [3.63, 3.8) is 0 Å². The van der Waals surface area contributed by atoms with Crippen molar-refractivity contribution in [2.24, 2.45) is 0 Å². The average molecular weight is 348 g/mol. The fourth-order valence-corrected chi connectivity index (χ4v) is 4.08. The number of nitrogen functional groups attached to an aromatic ring is 1. The van der Waals surface area contributed by atoms with Gasteiger partial charge in [-0.3, -0.25) is 9.69 Å². The van der Waals surface area contributed by atoms with Crippen molar-refractivity contribution >= 4 is 38.3 Å². The van der Waals surface area contributed by atoms with Gasteiger partial charge in [0.15, 0.2) is 5.13 Å². The molecule has 1 aromatic heterocycles. The predicted molar refractivity (Wildman–Crippen MR) is 98.4 cm³/mol. The summed E-state index contributed by atoms with van der Waals surface area (Å²) < 4.78 is 6.73. The number of morpholine rings is 1. The molecule has 7 heteroatoms. The Hall–Kier alpha value is -1.70. The third kappa shape index (κ3) is 3.53. The molecule has 1 aliphatic heterocycles. The number of aromatic nitrogens is 1. The molecule has 0 aliphatic carbocycles. The second kappa shape index (κ2) is 6.66. The zero-order valence-electron chi connectivity index (χ0n) is 14.5. The van der Waals surface area contributed by atoms with Crippen LogP contribution in [0.3, 0.4) is 0 Å². The molecule has 2 heterocycles. The molecule has 24 heavy (non-hydrogen) atoms. The quantitative estimate of drug-likeness (QED) is 0.891. The molecule has 3 atom stereocenters. The fourth-order valence-electron chi connectivity index (χ4n) is 3.23. The Morgan fingerprint density at radius 2 is 2.08 bits per heavy atom. The molecule has 1 amide bonds. The lowest BCUT2D eigenvalue weighted by Crippen LogP contribution is -2.52. The van der Waals surface area contributed by atoms with Crippen molar-refractivity contribution in [1.29, 1.82) is 0 Å². The molecule has 1 aromatic carbocycles. The second-order valence-corrected chi connectivity index (χ2v) is 7.63. The van der Waals surface area contributed by atoms with E-state index in [4.69, 9.17) is 10.5 Å². The summed E-state index contributed by atoms with van der Waals surface area (Å²) in [5.41, 5.74) is 8.48. The Labute approximate surface area is 146 Å². The summed E-state index contributed by atoms with van der Waals surface area (Å²) >= 11 is 1.43. The molecule has 6 nitrogen and oxygen atoms in total. The number of nitrogens with one attached hydrogen (secondary N) is 1. The third-order valence-corrected chi connectivity index (χ3v) is 5.18. The van der Waals surface area contributed by atoms with Crippen LogP contribution >= 0.6 is 11.3 Å². The maximum absolute atomic E-state index is 12.6. The Morgan fingerprint density at radius 1 is 1.42 bits per heavy atom. The summed E-state index contributed by atoms with van der Waals surface area (Å²) in [5.74, 6) is -0.00691. The minimum absolute atomic E-state index is 0.00691. The Morgan fingerprint density at radius 3 is 2.75 bits per heavy atom. The molecule has 0 bridgehead atoms. The van der Waals surface area contributed by atoms with Gasteiger partial charge in [-0.15, -0.1) is 0 Å². The van der Waals surface area contributed by atoms with Crippen molar-refractivity contribution in [2.45, 2.75) is 45.9 Å². The van der Waals surface area contributed by atoms with Crippen LogP contribution in [0.15, 0.2) is 12.1 Å². The predicted octanol–water partition coefficient (Wildman–Crippen LogP) is 2.62. The summed E-state index contributed by atoms with van der Waals surface area (Å²) in [4.78, 5) is 19.1. The monoisotopic (exact) mass is 348 g/mol. The number of amides is 1. The van der Waals surface area contributed by atoms with E-state index in [9.17, 15) is 4.79 Å². The largest absolute Gasteiger partial charge is 0.375 e. The van der Waals surface area contributed by atoms with Crippen LogP contribution in [0.4, 0.5) is 10.8 Å². The number of rotatable bonds is 3. The number of ether oxygens (including phenoxy) is 1. The van der Waals surface area contributed by atoms with E-state index in [-0.39, 0.29) is 24.2 Å². The summed E-state index contributed by atoms with van der Waals surface area (Å²) in [6.45, 7) is 9.53. The van der Waals surface area contributed by atoms with Crippen molar-refractivity contribution in [2.75, 3.05) is 24.1 Å². The highest BCUT2D eigenvalue weighted by Crippen LogP contribution is 2.29. The number of nitrogens with two attached hydrogens (primary N) is 1. The summed E-state index contributed by atoms with van der Waals surface area (Å²) in [5, 5.41) is 3.57. The molecule has 3 N–H and O–H groups in total. The zero-order valence-corrected chi connectivity index (χ0v) is 15.3. The van der Waals surface area contributed by atoms with E-state index >= 15 is 0 Å². The fraction of sp³-hybridized carbons (Fsp3) is 0.529. The summed E-state index contributed by atoms with van der Waals surface area (Å²) in [7, 11) is 0. The lowest BCUT2D eigenvalue weighted by atomic mass is 10.1. The van der Waals surface area contributed by atoms with Gasteiger partial charge in [-0.2, -0.15) is 0 Å². The van der Waals surface area contributed by atoms with Gasteiger partial charge in [0.1, 0.15) is 0 Å². The summed E-state index contributed by atoms with van der Waals surface area (Å²) in [6.07, 6.45) is 0.283. The molecule has 1 fully saturated rings. The number of anilines is 2. The van der Waals surface area contributed by atoms with Crippen molar-refractivity contribution < 1.29 is 9.53 Å². The molecule has 1 aliphatic rings. The standard InChI is InChI=1S/C17H24N4O2S/c1-9-5-13(6-14-15(9)20-17(18)24-14)19-16(22)12(4)21-7-10(2)23-11(3)8-21/h5-6,10-12H,7-8H2,1-4H3,(H2,18,20)(H,19,22)/t10-,11+,12?. The molecule has 2 aromatic rings. The van der Waals surface area contributed by atoms with Gasteiger partial charge < -0.3 is 15.8 Å². The van der Waals surface area contributed by atoms with Crippen LogP contribution in [0, 0.1) is 6.92 Å². The van der Waals surface area contributed by atoms with E-state index in [1.165, 1.54) is 11.3 Å². The highest BCUT2D eigenvalue weighted by Gasteiger charge is 2.29. The number of benzene rings is 1. The van der Waals surface area contributed by atoms with Crippen LogP contribution in [0.5, 0.6) is 0 Å². The van der Waals surface area contributed by atoms with E-state index in [1.54, 1.807) is 0 Å². The lowest BCUT2D eigenvalue weighted by Gasteiger charge is -2.38. The molecule has 0 saturated carbocycles. The topological polar surface area (TPSA) is 80.5 Å². The Balaban J connectivity index is 1.74. The first-order valence-electron chi connectivity index (χ1n) is 8.20. The molecule has 3 rings (SSSR count). The highest BCUT2D eigenvalue weighted by atomic mass is 32.1. The van der Waals surface area contributed by atoms with Crippen molar-refractivity contribution in [3.8, 4) is 0 Å². The van der Waals surface area contributed by atoms with Crippen LogP contribution in [0.1, 0.15) is 26.3 Å². The van der Waals surface area contributed by atoms with Crippen molar-refractivity contribution in [3.05, 3.63) is 17.7 Å². The molecule has 0 spiro atoms. The van der Waals surface area contributed by atoms with Crippen LogP contribution in [0.2, 0.25) is 0 Å². The normalized spacial score (nSPS) is 23.3. The van der Waals surface area contributed by atoms with Gasteiger partial charge in [-0.1, -0.05) is 11.3 Å². The highest BCUT2D eigenvalue weighted by molar-refractivity contribution is 7.22. The zero-order chi connectivity index (χ0) is 17.4. The van der Waals surface area contributed by atoms with E-state index in [2.05, 4.69) is 15.2 Å². The van der Waals surface area contributed by atoms with Gasteiger partial charge in [0, 0.05) is 18.8 Å². The van der Waals surface area contributed by atoms with E-state index in [1.807, 2.05) is 39.8 Å². The SMILES string of the molecule is Cc1cc(NC(=O)C(C)N2C[C@@H](C)O[C@@H](C)C2)cc2sc(N)nc12. The third-order valence-electron chi connectivity index (χ3n) is 4.34. The van der Waals surface area contributed by atoms with Gasteiger partial charge in [0.25, 0.3) is 0 Å². The number of carbonyl (C=O) groups is 1. The van der Waals surface area contributed by atoms with E-state index < -0.39 is 0 Å². The van der Waals surface area contributed by atoms with Crippen LogP contribution < -0.4 is 11.1 Å². The molecule has 1 saturated heterocycles. The molecular formula is C17H24N4O2S. The van der Waals surface area contributed by atoms with Crippen LogP contribution in [-0.4, -0.2) is 47.1 Å². The Bertz CT molecular complexity index is 750. The number of thiazole rings is 1. The first-order chi connectivity index (χ1) is 11.3. The van der Waals surface area contributed by atoms with Gasteiger partial charge in [0.2, 0.25) is 5.91 Å². The van der Waals surface area contributed by atoms with Crippen LogP contribution in [-0.2, 0) is 9.53 Å². The number of carbonyl (C=O) groups excluding carboxylic acids is 1. The number of fused-ring (bicyclic) bond motifs is 1. The maximum Gasteiger partial charge on any atom is 0.241 e. The molecular weight excluding hydrogens is 324 g/mol. The molecule has 1 unspecified atom stereocenters. The van der Waals surface area contributed by atoms with Gasteiger partial charge >= 0.3 is 0 Å². The van der Waals surface area contributed by atoms with Crippen molar-refractivity contribution in [1.82, 2.24) is 9.88 Å². The number of hydrogen-bond acceptors (Lipinski definition) is 6. The lowest BCUT2D eigenvalue weighted by molar-refractivity contribution is -0.126. The van der Waals surface area contributed by atoms with E-state index in [0.717, 1.165) is 34.6 Å². The van der Waals surface area contributed by atoms with Gasteiger partial charge in [-0.25, -0.2) is 4.98 Å². The minimum Gasteiger partial charge on any atom is -0.375 e. The maximum atomic E-state index is 12.6. The first kappa shape index (κ1) is 17.1. The second-order valence-electron chi connectivity index (χ2n) is 6.57. The molecule has 0 radical (unpaired) electrons. The van der Waals surface area contributed by atoms with Crippen LogP contribution in [0.25, 0.3) is 10.2 Å². The number of aryl methyl sites for hydroxylation is 1. The average Bonchev–Trinajstić information content (AvgIpc) is 2.86. The number of hydrogen-bond donors (Lipinski definition) is 2. The Kier molecular flexibility index (Phi) is 4.76. The van der Waals surface area contributed by atoms with E-state index in [0.29, 0.717) is 5.13 Å². The minimum atomic E-state index is -0.207. The summed E-state index contributed by atoms with van der Waals surface area (Å²) in [6, 6.07) is 3.67.